The molecule has 0 aromatic heterocycles. The Hall–Kier alpha value is -1.75. The molecule has 0 radical (unpaired) electrons. The third-order valence-electron chi connectivity index (χ3n) is 2.72. The number of para-hydroxylation sites is 1. The van der Waals surface area contributed by atoms with Crippen LogP contribution < -0.4 is 10.1 Å². The lowest BCUT2D eigenvalue weighted by Gasteiger charge is -2.23. The molecule has 1 rings (SSSR count). The molecule has 1 aromatic rings. The molecule has 2 N–H and O–H groups in total. The summed E-state index contributed by atoms with van der Waals surface area (Å²) < 4.78 is 9.71. The number of methoxy groups -OCH3 is 2. The minimum atomic E-state index is -0.815. The molecule has 0 fully saturated rings. The number of benzene rings is 1. The molecule has 0 saturated carbocycles. The fourth-order valence-corrected chi connectivity index (χ4v) is 1.52. The van der Waals surface area contributed by atoms with Crippen LogP contribution >= 0.6 is 0 Å². The molecule has 0 aliphatic rings. The number of aromatic hydroxyl groups is 1. The predicted octanol–water partition coefficient (Wildman–Crippen LogP) is 1.44. The van der Waals surface area contributed by atoms with Crippen molar-refractivity contribution in [3.05, 3.63) is 23.8 Å². The van der Waals surface area contributed by atoms with E-state index < -0.39 is 5.54 Å². The molecule has 0 aliphatic carbocycles. The molecule has 0 amide bonds. The maximum absolute atomic E-state index is 11.5. The Morgan fingerprint density at radius 2 is 2.06 bits per heavy atom. The molecule has 0 aliphatic heterocycles. The number of esters is 1. The van der Waals surface area contributed by atoms with Gasteiger partial charge in [-0.15, -0.1) is 0 Å². The lowest BCUT2D eigenvalue weighted by Crippen LogP contribution is -2.46. The van der Waals surface area contributed by atoms with Crippen LogP contribution in [0, 0.1) is 0 Å². The zero-order valence-electron chi connectivity index (χ0n) is 11.1. The first-order valence-electron chi connectivity index (χ1n) is 5.60. The van der Waals surface area contributed by atoms with E-state index in [1.165, 1.54) is 14.2 Å². The van der Waals surface area contributed by atoms with Crippen LogP contribution in [0.3, 0.4) is 0 Å². The first kappa shape index (κ1) is 14.3. The van der Waals surface area contributed by atoms with Crippen LogP contribution in [0.2, 0.25) is 0 Å². The van der Waals surface area contributed by atoms with E-state index in [9.17, 15) is 9.90 Å². The summed E-state index contributed by atoms with van der Waals surface area (Å²) in [6.07, 6.45) is 0. The second-order valence-corrected chi connectivity index (χ2v) is 4.44. The number of ether oxygens (including phenoxy) is 2. The van der Waals surface area contributed by atoms with Gasteiger partial charge in [0.2, 0.25) is 0 Å². The number of hydrogen-bond acceptors (Lipinski definition) is 5. The average molecular weight is 253 g/mol. The molecular weight excluding hydrogens is 234 g/mol. The Kier molecular flexibility index (Phi) is 4.55. The SMILES string of the molecule is COC(=O)C(C)(C)NCc1cccc(OC)c1O. The zero-order valence-corrected chi connectivity index (χ0v) is 11.1. The van der Waals surface area contributed by atoms with Crippen LogP contribution in [0.5, 0.6) is 11.5 Å². The number of phenols is 1. The van der Waals surface area contributed by atoms with Crippen LogP contribution in [0.4, 0.5) is 0 Å². The topological polar surface area (TPSA) is 67.8 Å². The molecule has 0 heterocycles. The first-order valence-corrected chi connectivity index (χ1v) is 5.60. The smallest absolute Gasteiger partial charge is 0.325 e. The van der Waals surface area contributed by atoms with E-state index in [0.29, 0.717) is 17.9 Å². The number of carbonyl (C=O) groups is 1. The summed E-state index contributed by atoms with van der Waals surface area (Å²) in [5.74, 6) is 0.128. The molecule has 5 nitrogen and oxygen atoms in total. The van der Waals surface area contributed by atoms with Crippen molar-refractivity contribution < 1.29 is 19.4 Å². The van der Waals surface area contributed by atoms with Gasteiger partial charge in [0.25, 0.3) is 0 Å². The van der Waals surface area contributed by atoms with Gasteiger partial charge in [0.05, 0.1) is 14.2 Å². The van der Waals surface area contributed by atoms with E-state index in [-0.39, 0.29) is 11.7 Å². The highest BCUT2D eigenvalue weighted by molar-refractivity contribution is 5.79. The average Bonchev–Trinajstić information content (AvgIpc) is 2.36. The van der Waals surface area contributed by atoms with E-state index in [1.54, 1.807) is 32.0 Å². The van der Waals surface area contributed by atoms with Crippen molar-refractivity contribution in [2.45, 2.75) is 25.9 Å². The molecule has 0 bridgehead atoms. The molecule has 0 saturated heterocycles. The maximum atomic E-state index is 11.5. The molecule has 100 valence electrons. The van der Waals surface area contributed by atoms with E-state index in [4.69, 9.17) is 4.74 Å². The van der Waals surface area contributed by atoms with Crippen molar-refractivity contribution >= 4 is 5.97 Å². The molecule has 0 unspecified atom stereocenters. The molecule has 0 atom stereocenters. The van der Waals surface area contributed by atoms with Crippen molar-refractivity contribution in [2.75, 3.05) is 14.2 Å². The van der Waals surface area contributed by atoms with Gasteiger partial charge in [-0.25, -0.2) is 0 Å². The molecule has 1 aromatic carbocycles. The van der Waals surface area contributed by atoms with Crippen LogP contribution in [0.15, 0.2) is 18.2 Å². The van der Waals surface area contributed by atoms with Crippen LogP contribution in [0.25, 0.3) is 0 Å². The Balaban J connectivity index is 2.78. The standard InChI is InChI=1S/C13H19NO4/c1-13(2,12(16)18-4)14-8-9-6-5-7-10(17-3)11(9)15/h5-7,14-15H,8H2,1-4H3. The summed E-state index contributed by atoms with van der Waals surface area (Å²) in [5, 5.41) is 12.9. The summed E-state index contributed by atoms with van der Waals surface area (Å²) in [6.45, 7) is 3.78. The molecule has 5 heteroatoms. The fourth-order valence-electron chi connectivity index (χ4n) is 1.52. The molecule has 18 heavy (non-hydrogen) atoms. The summed E-state index contributed by atoms with van der Waals surface area (Å²) in [6, 6.07) is 5.21. The maximum Gasteiger partial charge on any atom is 0.325 e. The van der Waals surface area contributed by atoms with Gasteiger partial charge >= 0.3 is 5.97 Å². The van der Waals surface area contributed by atoms with Crippen molar-refractivity contribution in [3.8, 4) is 11.5 Å². The number of phenolic OH excluding ortho intramolecular Hbond substituents is 1. The van der Waals surface area contributed by atoms with Gasteiger partial charge in [-0.1, -0.05) is 12.1 Å². The van der Waals surface area contributed by atoms with Gasteiger partial charge in [-0.3, -0.25) is 10.1 Å². The zero-order chi connectivity index (χ0) is 13.8. The predicted molar refractivity (Wildman–Crippen MR) is 67.6 cm³/mol. The first-order chi connectivity index (χ1) is 8.42. The largest absolute Gasteiger partial charge is 0.504 e. The fraction of sp³-hybridized carbons (Fsp3) is 0.462. The van der Waals surface area contributed by atoms with Crippen molar-refractivity contribution in [1.29, 1.82) is 0 Å². The summed E-state index contributed by atoms with van der Waals surface area (Å²) in [5.41, 5.74) is -0.157. The normalized spacial score (nSPS) is 11.1. The third-order valence-corrected chi connectivity index (χ3v) is 2.72. The quantitative estimate of drug-likeness (QED) is 0.777. The Morgan fingerprint density at radius 1 is 1.39 bits per heavy atom. The minimum Gasteiger partial charge on any atom is -0.504 e. The van der Waals surface area contributed by atoms with E-state index in [2.05, 4.69) is 10.1 Å². The second kappa shape index (κ2) is 5.73. The lowest BCUT2D eigenvalue weighted by molar-refractivity contribution is -0.147. The van der Waals surface area contributed by atoms with Gasteiger partial charge in [-0.05, 0) is 19.9 Å². The van der Waals surface area contributed by atoms with E-state index in [0.717, 1.165) is 0 Å². The van der Waals surface area contributed by atoms with Gasteiger partial charge in [0.15, 0.2) is 11.5 Å². The Labute approximate surface area is 107 Å². The summed E-state index contributed by atoms with van der Waals surface area (Å²) >= 11 is 0. The monoisotopic (exact) mass is 253 g/mol. The van der Waals surface area contributed by atoms with Gasteiger partial charge in [0, 0.05) is 12.1 Å². The number of hydrogen-bond donors (Lipinski definition) is 2. The number of carbonyl (C=O) groups excluding carboxylic acids is 1. The second-order valence-electron chi connectivity index (χ2n) is 4.44. The van der Waals surface area contributed by atoms with Crippen LogP contribution in [-0.4, -0.2) is 30.8 Å². The van der Waals surface area contributed by atoms with E-state index >= 15 is 0 Å². The van der Waals surface area contributed by atoms with Gasteiger partial charge in [-0.2, -0.15) is 0 Å². The van der Waals surface area contributed by atoms with Crippen LogP contribution in [0.1, 0.15) is 19.4 Å². The van der Waals surface area contributed by atoms with Crippen molar-refractivity contribution in [1.82, 2.24) is 5.32 Å². The molecular formula is C13H19NO4. The lowest BCUT2D eigenvalue weighted by atomic mass is 10.1. The molecule has 0 spiro atoms. The highest BCUT2D eigenvalue weighted by Gasteiger charge is 2.28. The summed E-state index contributed by atoms with van der Waals surface area (Å²) in [4.78, 5) is 11.5. The highest BCUT2D eigenvalue weighted by atomic mass is 16.5. The summed E-state index contributed by atoms with van der Waals surface area (Å²) in [7, 11) is 2.83. The van der Waals surface area contributed by atoms with Crippen molar-refractivity contribution in [3.63, 3.8) is 0 Å². The minimum absolute atomic E-state index is 0.0770. The Bertz CT molecular complexity index is 429. The highest BCUT2D eigenvalue weighted by Crippen LogP contribution is 2.29. The van der Waals surface area contributed by atoms with Gasteiger partial charge < -0.3 is 14.6 Å². The van der Waals surface area contributed by atoms with Gasteiger partial charge in [0.1, 0.15) is 5.54 Å². The van der Waals surface area contributed by atoms with Crippen molar-refractivity contribution in [2.24, 2.45) is 0 Å². The number of nitrogens with one attached hydrogen (secondary N) is 1. The van der Waals surface area contributed by atoms with E-state index in [1.807, 2.05) is 0 Å². The number of rotatable bonds is 5. The third kappa shape index (κ3) is 3.13. The Morgan fingerprint density at radius 3 is 2.61 bits per heavy atom. The van der Waals surface area contributed by atoms with Crippen LogP contribution in [-0.2, 0) is 16.1 Å².